The summed E-state index contributed by atoms with van der Waals surface area (Å²) >= 11 is 0. The fourth-order valence-corrected chi connectivity index (χ4v) is 6.61. The molecule has 6 nitrogen and oxygen atoms in total. The Morgan fingerprint density at radius 3 is 1.07 bits per heavy atom. The van der Waals surface area contributed by atoms with E-state index in [4.69, 9.17) is 9.47 Å². The molecule has 54 heavy (non-hydrogen) atoms. The Hall–Kier alpha value is -6.14. The van der Waals surface area contributed by atoms with E-state index in [1.807, 2.05) is 24.3 Å². The lowest BCUT2D eigenvalue weighted by atomic mass is 9.98. The van der Waals surface area contributed by atoms with E-state index in [1.54, 1.807) is 0 Å². The Balaban J connectivity index is 1.35. The normalized spacial score (nSPS) is 10.9. The largest absolute Gasteiger partial charge is 0.461 e. The van der Waals surface area contributed by atoms with Crippen LogP contribution in [0.3, 0.4) is 0 Å². The molecule has 0 heterocycles. The Labute approximate surface area is 319 Å². The molecule has 0 aliphatic carbocycles. The molecule has 0 unspecified atom stereocenters. The Morgan fingerprint density at radius 2 is 0.759 bits per heavy atom. The van der Waals surface area contributed by atoms with Gasteiger partial charge in [-0.1, -0.05) is 48.5 Å². The molecule has 6 aromatic rings. The molecular weight excluding hydrogens is 669 g/mol. The second-order valence-electron chi connectivity index (χ2n) is 14.1. The van der Waals surface area contributed by atoms with Crippen LogP contribution in [0.15, 0.2) is 121 Å². The SMILES string of the molecule is CC(=O)OCc1ccc(N(c2ccc(C)c(C)c2)c2ccc(-c3ccc(N(c4ccc(COC(C)=O)cc4)c4ccc(C)c(C)c4)c(C)c3)cc2C)cc1. The molecule has 6 rings (SSSR count). The van der Waals surface area contributed by atoms with Crippen molar-refractivity contribution in [2.45, 2.75) is 68.6 Å². The van der Waals surface area contributed by atoms with Gasteiger partial charge in [0.15, 0.2) is 0 Å². The number of rotatable bonds is 11. The first-order valence-corrected chi connectivity index (χ1v) is 18.3. The number of carbonyl (C=O) groups is 2. The second-order valence-corrected chi connectivity index (χ2v) is 14.1. The van der Waals surface area contributed by atoms with Crippen molar-refractivity contribution in [3.8, 4) is 11.1 Å². The summed E-state index contributed by atoms with van der Waals surface area (Å²) < 4.78 is 10.5. The highest BCUT2D eigenvalue weighted by atomic mass is 16.5. The third-order valence-corrected chi connectivity index (χ3v) is 9.98. The predicted molar refractivity (Wildman–Crippen MR) is 221 cm³/mol. The van der Waals surface area contributed by atoms with Gasteiger partial charge < -0.3 is 19.3 Å². The van der Waals surface area contributed by atoms with Gasteiger partial charge in [0.2, 0.25) is 0 Å². The van der Waals surface area contributed by atoms with Crippen LogP contribution in [0.25, 0.3) is 11.1 Å². The van der Waals surface area contributed by atoms with Crippen LogP contribution < -0.4 is 9.80 Å². The van der Waals surface area contributed by atoms with E-state index in [1.165, 1.54) is 36.1 Å². The zero-order valence-corrected chi connectivity index (χ0v) is 32.5. The number of esters is 2. The van der Waals surface area contributed by atoms with E-state index in [0.717, 1.165) is 67.5 Å². The number of carbonyl (C=O) groups excluding carboxylic acids is 2. The molecule has 0 fully saturated rings. The van der Waals surface area contributed by atoms with Gasteiger partial charge in [-0.15, -0.1) is 0 Å². The highest BCUT2D eigenvalue weighted by Gasteiger charge is 2.19. The molecule has 0 saturated carbocycles. The van der Waals surface area contributed by atoms with Crippen molar-refractivity contribution in [3.05, 3.63) is 166 Å². The van der Waals surface area contributed by atoms with Crippen molar-refractivity contribution in [1.82, 2.24) is 0 Å². The summed E-state index contributed by atoms with van der Waals surface area (Å²) in [5, 5.41) is 0. The first-order valence-electron chi connectivity index (χ1n) is 18.3. The summed E-state index contributed by atoms with van der Waals surface area (Å²) in [6.45, 7) is 16.2. The van der Waals surface area contributed by atoms with Crippen LogP contribution in [0.2, 0.25) is 0 Å². The van der Waals surface area contributed by atoms with Gasteiger partial charge in [-0.3, -0.25) is 9.59 Å². The first kappa shape index (κ1) is 37.6. The van der Waals surface area contributed by atoms with Crippen molar-refractivity contribution in [3.63, 3.8) is 0 Å². The second kappa shape index (κ2) is 16.3. The third kappa shape index (κ3) is 8.56. The lowest BCUT2D eigenvalue weighted by Crippen LogP contribution is -2.12. The lowest BCUT2D eigenvalue weighted by molar-refractivity contribution is -0.143. The van der Waals surface area contributed by atoms with Gasteiger partial charge in [0.1, 0.15) is 13.2 Å². The van der Waals surface area contributed by atoms with E-state index < -0.39 is 0 Å². The molecule has 0 bridgehead atoms. The topological polar surface area (TPSA) is 59.1 Å². The van der Waals surface area contributed by atoms with E-state index in [9.17, 15) is 9.59 Å². The van der Waals surface area contributed by atoms with Gasteiger partial charge >= 0.3 is 11.9 Å². The van der Waals surface area contributed by atoms with E-state index >= 15 is 0 Å². The van der Waals surface area contributed by atoms with Crippen LogP contribution in [0.5, 0.6) is 0 Å². The molecule has 0 radical (unpaired) electrons. The molecule has 0 aromatic heterocycles. The molecule has 6 aromatic carbocycles. The number of hydrogen-bond acceptors (Lipinski definition) is 6. The maximum atomic E-state index is 11.4. The van der Waals surface area contributed by atoms with Gasteiger partial charge in [0.25, 0.3) is 0 Å². The fraction of sp³-hybridized carbons (Fsp3) is 0.208. The zero-order valence-electron chi connectivity index (χ0n) is 32.5. The smallest absolute Gasteiger partial charge is 0.302 e. The number of ether oxygens (including phenoxy) is 2. The average molecular weight is 717 g/mol. The van der Waals surface area contributed by atoms with Crippen molar-refractivity contribution < 1.29 is 19.1 Å². The van der Waals surface area contributed by atoms with E-state index in [-0.39, 0.29) is 25.2 Å². The number of benzene rings is 6. The number of nitrogens with zero attached hydrogens (tertiary/aromatic N) is 2. The van der Waals surface area contributed by atoms with Gasteiger partial charge in [-0.05, 0) is 170 Å². The molecule has 0 saturated heterocycles. The van der Waals surface area contributed by atoms with Crippen LogP contribution in [0.4, 0.5) is 34.1 Å². The van der Waals surface area contributed by atoms with Crippen LogP contribution in [-0.4, -0.2) is 11.9 Å². The quantitative estimate of drug-likeness (QED) is 0.124. The van der Waals surface area contributed by atoms with Crippen LogP contribution >= 0.6 is 0 Å². The minimum absolute atomic E-state index is 0.248. The number of hydrogen-bond donors (Lipinski definition) is 0. The summed E-state index contributed by atoms with van der Waals surface area (Å²) in [4.78, 5) is 27.4. The lowest BCUT2D eigenvalue weighted by Gasteiger charge is -2.29. The van der Waals surface area contributed by atoms with Gasteiger partial charge in [0, 0.05) is 48.0 Å². The minimum atomic E-state index is -0.293. The van der Waals surface area contributed by atoms with E-state index in [2.05, 4.69) is 148 Å². The molecule has 0 aliphatic rings. The number of anilines is 6. The van der Waals surface area contributed by atoms with Gasteiger partial charge in [-0.2, -0.15) is 0 Å². The molecule has 0 atom stereocenters. The molecule has 0 amide bonds. The Kier molecular flexibility index (Phi) is 11.3. The van der Waals surface area contributed by atoms with Gasteiger partial charge in [0.05, 0.1) is 0 Å². The average Bonchev–Trinajstić information content (AvgIpc) is 3.15. The Morgan fingerprint density at radius 1 is 0.407 bits per heavy atom. The summed E-state index contributed by atoms with van der Waals surface area (Å²) in [6.07, 6.45) is 0. The minimum Gasteiger partial charge on any atom is -0.461 e. The predicted octanol–water partition coefficient (Wildman–Crippen LogP) is 12.3. The summed E-state index contributed by atoms with van der Waals surface area (Å²) in [5.41, 5.74) is 17.7. The highest BCUT2D eigenvalue weighted by molar-refractivity contribution is 5.84. The molecule has 6 heteroatoms. The third-order valence-electron chi connectivity index (χ3n) is 9.98. The highest BCUT2D eigenvalue weighted by Crippen LogP contribution is 2.41. The summed E-state index contributed by atoms with van der Waals surface area (Å²) in [5.74, 6) is -0.585. The maximum Gasteiger partial charge on any atom is 0.302 e. The molecule has 274 valence electrons. The van der Waals surface area contributed by atoms with Crippen LogP contribution in [-0.2, 0) is 32.3 Å². The van der Waals surface area contributed by atoms with Gasteiger partial charge in [-0.25, -0.2) is 0 Å². The maximum absolute atomic E-state index is 11.4. The fourth-order valence-electron chi connectivity index (χ4n) is 6.61. The molecule has 0 aliphatic heterocycles. The van der Waals surface area contributed by atoms with E-state index in [0.29, 0.717) is 0 Å². The van der Waals surface area contributed by atoms with Crippen LogP contribution in [0, 0.1) is 41.5 Å². The Bertz CT molecular complexity index is 2140. The summed E-state index contributed by atoms with van der Waals surface area (Å²) in [7, 11) is 0. The van der Waals surface area contributed by atoms with Crippen molar-refractivity contribution >= 4 is 46.1 Å². The molecular formula is C48H48N2O4. The van der Waals surface area contributed by atoms with Crippen molar-refractivity contribution in [2.75, 3.05) is 9.80 Å². The number of aryl methyl sites for hydroxylation is 6. The molecule has 0 spiro atoms. The monoisotopic (exact) mass is 716 g/mol. The standard InChI is InChI=1S/C48H48N2O4/c1-31-9-17-45(27-33(31)3)49(43-19-11-39(12-20-43)29-53-37(7)51)47-23-15-41(25-35(47)5)42-16-24-48(36(6)26-42)50(46-18-10-32(2)34(4)28-46)44-21-13-40(14-22-44)30-54-38(8)52/h9-28H,29-30H2,1-8H3. The zero-order chi connectivity index (χ0) is 38.5. The molecule has 0 N–H and O–H groups in total. The first-order chi connectivity index (χ1) is 25.9. The van der Waals surface area contributed by atoms with Crippen molar-refractivity contribution in [1.29, 1.82) is 0 Å². The van der Waals surface area contributed by atoms with Crippen LogP contribution in [0.1, 0.15) is 58.4 Å². The van der Waals surface area contributed by atoms with Crippen molar-refractivity contribution in [2.24, 2.45) is 0 Å². The summed E-state index contributed by atoms with van der Waals surface area (Å²) in [6, 6.07) is 42.8.